The van der Waals surface area contributed by atoms with E-state index in [-0.39, 0.29) is 5.78 Å². The van der Waals surface area contributed by atoms with E-state index in [2.05, 4.69) is 29.8 Å². The van der Waals surface area contributed by atoms with E-state index in [9.17, 15) is 4.79 Å². The van der Waals surface area contributed by atoms with Gasteiger partial charge in [-0.1, -0.05) is 6.92 Å². The Morgan fingerprint density at radius 2 is 2.06 bits per heavy atom. The maximum atomic E-state index is 12.2. The number of piperazine rings is 1. The molecule has 1 aromatic heterocycles. The molecule has 0 bridgehead atoms. The third-order valence-electron chi connectivity index (χ3n) is 3.11. The number of nitrogens with zero attached hydrogens (tertiary/aromatic N) is 2. The van der Waals surface area contributed by atoms with Gasteiger partial charge in [0, 0.05) is 26.2 Å². The molecule has 1 aliphatic heterocycles. The Balaban J connectivity index is 1.86. The van der Waals surface area contributed by atoms with Crippen molar-refractivity contribution in [3.63, 3.8) is 0 Å². The van der Waals surface area contributed by atoms with Crippen LogP contribution in [-0.4, -0.2) is 61.1 Å². The molecule has 0 radical (unpaired) electrons. The number of carbonyl (C=O) groups is 1. The van der Waals surface area contributed by atoms with Crippen molar-refractivity contribution in [1.29, 1.82) is 0 Å². The summed E-state index contributed by atoms with van der Waals surface area (Å²) < 4.78 is 1.25. The van der Waals surface area contributed by atoms with Gasteiger partial charge in [-0.25, -0.2) is 0 Å². The Hall–Kier alpha value is -0.360. The summed E-state index contributed by atoms with van der Waals surface area (Å²) in [6.45, 7) is 6.85. The van der Waals surface area contributed by atoms with Crippen molar-refractivity contribution in [3.05, 3.63) is 17.0 Å². The fourth-order valence-corrected chi connectivity index (χ4v) is 3.95. The highest BCUT2D eigenvalue weighted by Gasteiger charge is 2.18. The first-order valence-electron chi connectivity index (χ1n) is 6.35. The van der Waals surface area contributed by atoms with Crippen LogP contribution in [0, 0.1) is 0 Å². The average Bonchev–Trinajstić information content (AvgIpc) is 2.81. The standard InChI is InChI=1S/C13H20N2OS2/c1-3-17-13-5-4-12(18-13)11(16)10-15-8-6-14(2)7-9-15/h4-5H,3,6-10H2,1-2H3. The molecule has 1 aliphatic rings. The number of rotatable bonds is 5. The number of hydrogen-bond acceptors (Lipinski definition) is 5. The Bertz CT molecular complexity index is 397. The second-order valence-electron chi connectivity index (χ2n) is 4.55. The van der Waals surface area contributed by atoms with Gasteiger partial charge in [-0.2, -0.15) is 0 Å². The van der Waals surface area contributed by atoms with Crippen LogP contribution < -0.4 is 0 Å². The number of carbonyl (C=O) groups excluding carboxylic acids is 1. The van der Waals surface area contributed by atoms with Gasteiger partial charge < -0.3 is 4.90 Å². The van der Waals surface area contributed by atoms with Gasteiger partial charge in [-0.05, 0) is 24.9 Å². The maximum absolute atomic E-state index is 12.2. The zero-order chi connectivity index (χ0) is 13.0. The molecular weight excluding hydrogens is 264 g/mol. The largest absolute Gasteiger partial charge is 0.304 e. The predicted molar refractivity (Wildman–Crippen MR) is 79.0 cm³/mol. The molecule has 100 valence electrons. The summed E-state index contributed by atoms with van der Waals surface area (Å²) in [6.07, 6.45) is 0. The number of thioether (sulfide) groups is 1. The normalized spacial score (nSPS) is 18.1. The molecule has 0 spiro atoms. The predicted octanol–water partition coefficient (Wildman–Crippen LogP) is 2.29. The topological polar surface area (TPSA) is 23.6 Å². The Kier molecular flexibility index (Phi) is 5.24. The van der Waals surface area contributed by atoms with Crippen molar-refractivity contribution in [2.24, 2.45) is 0 Å². The molecule has 0 aromatic carbocycles. The fourth-order valence-electron chi connectivity index (χ4n) is 1.98. The minimum absolute atomic E-state index is 0.271. The van der Waals surface area contributed by atoms with Crippen molar-refractivity contribution in [1.82, 2.24) is 9.80 Å². The van der Waals surface area contributed by atoms with Gasteiger partial charge in [0.1, 0.15) is 0 Å². The molecule has 0 amide bonds. The summed E-state index contributed by atoms with van der Waals surface area (Å²) in [4.78, 5) is 17.6. The number of hydrogen-bond donors (Lipinski definition) is 0. The molecule has 0 atom stereocenters. The fraction of sp³-hybridized carbons (Fsp3) is 0.615. The maximum Gasteiger partial charge on any atom is 0.186 e. The molecule has 0 saturated carbocycles. The number of Topliss-reactive ketones (excluding diaryl/α,β-unsaturated/α-hetero) is 1. The molecule has 2 rings (SSSR count). The Morgan fingerprint density at radius 1 is 1.33 bits per heavy atom. The number of ketones is 1. The molecule has 2 heterocycles. The van der Waals surface area contributed by atoms with Gasteiger partial charge in [-0.15, -0.1) is 23.1 Å². The van der Waals surface area contributed by atoms with Crippen LogP contribution >= 0.6 is 23.1 Å². The summed E-state index contributed by atoms with van der Waals surface area (Å²) in [5.74, 6) is 1.33. The molecule has 1 saturated heterocycles. The van der Waals surface area contributed by atoms with Crippen LogP contribution in [0.25, 0.3) is 0 Å². The third-order valence-corrected chi connectivity index (χ3v) is 5.34. The molecule has 1 fully saturated rings. The van der Waals surface area contributed by atoms with Crippen LogP contribution in [0.15, 0.2) is 16.3 Å². The van der Waals surface area contributed by atoms with Gasteiger partial charge >= 0.3 is 0 Å². The second kappa shape index (κ2) is 6.70. The molecule has 3 nitrogen and oxygen atoms in total. The molecule has 5 heteroatoms. The Morgan fingerprint density at radius 3 is 2.72 bits per heavy atom. The summed E-state index contributed by atoms with van der Waals surface area (Å²) in [5.41, 5.74) is 0. The lowest BCUT2D eigenvalue weighted by Crippen LogP contribution is -2.46. The highest BCUT2D eigenvalue weighted by Crippen LogP contribution is 2.27. The zero-order valence-corrected chi connectivity index (χ0v) is 12.6. The Labute approximate surface area is 117 Å². The smallest absolute Gasteiger partial charge is 0.186 e. The van der Waals surface area contributed by atoms with Crippen molar-refractivity contribution in [2.45, 2.75) is 11.1 Å². The minimum Gasteiger partial charge on any atom is -0.304 e. The van der Waals surface area contributed by atoms with Gasteiger partial charge in [0.2, 0.25) is 0 Å². The SMILES string of the molecule is CCSc1ccc(C(=O)CN2CCN(C)CC2)s1. The van der Waals surface area contributed by atoms with E-state index in [1.807, 2.05) is 6.07 Å². The van der Waals surface area contributed by atoms with Crippen molar-refractivity contribution in [2.75, 3.05) is 45.5 Å². The molecular formula is C13H20N2OS2. The lowest BCUT2D eigenvalue weighted by atomic mass is 10.2. The lowest BCUT2D eigenvalue weighted by Gasteiger charge is -2.31. The summed E-state index contributed by atoms with van der Waals surface area (Å²) in [5, 5.41) is 0. The first-order chi connectivity index (χ1) is 8.69. The van der Waals surface area contributed by atoms with E-state index in [0.29, 0.717) is 6.54 Å². The molecule has 18 heavy (non-hydrogen) atoms. The first-order valence-corrected chi connectivity index (χ1v) is 8.16. The number of likely N-dealkylation sites (N-methyl/N-ethyl adjacent to an activating group) is 1. The van der Waals surface area contributed by atoms with E-state index >= 15 is 0 Å². The summed E-state index contributed by atoms with van der Waals surface area (Å²) in [7, 11) is 2.13. The number of thiophene rings is 1. The highest BCUT2D eigenvalue weighted by atomic mass is 32.2. The quantitative estimate of drug-likeness (QED) is 0.611. The van der Waals surface area contributed by atoms with E-state index in [4.69, 9.17) is 0 Å². The van der Waals surface area contributed by atoms with Gasteiger partial charge in [0.15, 0.2) is 5.78 Å². The van der Waals surface area contributed by atoms with Crippen molar-refractivity contribution in [3.8, 4) is 0 Å². The second-order valence-corrected chi connectivity index (χ2v) is 7.20. The van der Waals surface area contributed by atoms with E-state index < -0.39 is 0 Å². The van der Waals surface area contributed by atoms with Crippen LogP contribution in [-0.2, 0) is 0 Å². The monoisotopic (exact) mass is 284 g/mol. The summed E-state index contributed by atoms with van der Waals surface area (Å²) in [6, 6.07) is 4.04. The van der Waals surface area contributed by atoms with Crippen LogP contribution in [0.3, 0.4) is 0 Å². The van der Waals surface area contributed by atoms with Crippen LogP contribution in [0.4, 0.5) is 0 Å². The third kappa shape index (κ3) is 3.82. The zero-order valence-electron chi connectivity index (χ0n) is 11.0. The molecule has 0 unspecified atom stereocenters. The van der Waals surface area contributed by atoms with E-state index in [1.165, 1.54) is 4.21 Å². The van der Waals surface area contributed by atoms with Crippen LogP contribution in [0.1, 0.15) is 16.6 Å². The van der Waals surface area contributed by atoms with Gasteiger partial charge in [-0.3, -0.25) is 9.69 Å². The van der Waals surface area contributed by atoms with Crippen LogP contribution in [0.5, 0.6) is 0 Å². The molecule has 0 N–H and O–H groups in total. The molecule has 0 aliphatic carbocycles. The van der Waals surface area contributed by atoms with Gasteiger partial charge in [0.05, 0.1) is 15.6 Å². The van der Waals surface area contributed by atoms with E-state index in [0.717, 1.165) is 36.8 Å². The minimum atomic E-state index is 0.271. The highest BCUT2D eigenvalue weighted by molar-refractivity contribution is 8.01. The van der Waals surface area contributed by atoms with Crippen LogP contribution in [0.2, 0.25) is 0 Å². The first kappa shape index (κ1) is 14.1. The van der Waals surface area contributed by atoms with Gasteiger partial charge in [0.25, 0.3) is 0 Å². The van der Waals surface area contributed by atoms with Crippen molar-refractivity contribution >= 4 is 28.9 Å². The summed E-state index contributed by atoms with van der Waals surface area (Å²) >= 11 is 3.44. The van der Waals surface area contributed by atoms with Crippen molar-refractivity contribution < 1.29 is 4.79 Å². The lowest BCUT2D eigenvalue weighted by molar-refractivity contribution is 0.0880. The average molecular weight is 284 g/mol. The molecule has 1 aromatic rings. The van der Waals surface area contributed by atoms with E-state index in [1.54, 1.807) is 23.1 Å².